The predicted molar refractivity (Wildman–Crippen MR) is 65.7 cm³/mol. The molecule has 2 N–H and O–H groups in total. The highest BCUT2D eigenvalue weighted by Gasteiger charge is 2.28. The molecule has 1 aliphatic rings. The molecular formula is C9H18N2O2S2. The van der Waals surface area contributed by atoms with E-state index >= 15 is 0 Å². The second-order valence-corrected chi connectivity index (χ2v) is 6.90. The zero-order valence-corrected chi connectivity index (χ0v) is 10.6. The summed E-state index contributed by atoms with van der Waals surface area (Å²) in [6.07, 6.45) is 4.28. The van der Waals surface area contributed by atoms with E-state index in [2.05, 4.69) is 4.90 Å². The van der Waals surface area contributed by atoms with Crippen molar-refractivity contribution in [2.75, 3.05) is 25.1 Å². The molecule has 0 aromatic rings. The molecule has 1 aliphatic carbocycles. The Morgan fingerprint density at radius 3 is 2.47 bits per heavy atom. The highest BCUT2D eigenvalue weighted by atomic mass is 32.2. The fourth-order valence-corrected chi connectivity index (χ4v) is 2.11. The van der Waals surface area contributed by atoms with Gasteiger partial charge in [0.25, 0.3) is 0 Å². The van der Waals surface area contributed by atoms with Gasteiger partial charge >= 0.3 is 0 Å². The van der Waals surface area contributed by atoms with Crippen molar-refractivity contribution in [3.8, 4) is 0 Å². The highest BCUT2D eigenvalue weighted by Crippen LogP contribution is 2.26. The van der Waals surface area contributed by atoms with Gasteiger partial charge in [-0.1, -0.05) is 12.2 Å². The molecule has 0 aromatic heterocycles. The molecule has 0 radical (unpaired) electrons. The molecule has 0 bridgehead atoms. The lowest BCUT2D eigenvalue weighted by atomic mass is 10.3. The van der Waals surface area contributed by atoms with Gasteiger partial charge in [-0.2, -0.15) is 0 Å². The summed E-state index contributed by atoms with van der Waals surface area (Å²) in [4.78, 5) is 2.68. The van der Waals surface area contributed by atoms with Gasteiger partial charge in [0.15, 0.2) is 0 Å². The maximum Gasteiger partial charge on any atom is 0.148 e. The summed E-state index contributed by atoms with van der Waals surface area (Å²) in [5.74, 6) is 0.223. The number of nitrogens with two attached hydrogens (primary N) is 1. The van der Waals surface area contributed by atoms with E-state index in [9.17, 15) is 8.42 Å². The first kappa shape index (κ1) is 12.9. The Hall–Kier alpha value is -0.200. The summed E-state index contributed by atoms with van der Waals surface area (Å²) in [5.41, 5.74) is 5.43. The number of hydrogen-bond acceptors (Lipinski definition) is 4. The number of nitrogens with zero attached hydrogens (tertiary/aromatic N) is 1. The summed E-state index contributed by atoms with van der Waals surface area (Å²) >= 11 is 4.81. The van der Waals surface area contributed by atoms with Crippen LogP contribution in [0.4, 0.5) is 0 Å². The van der Waals surface area contributed by atoms with Crippen LogP contribution < -0.4 is 5.73 Å². The van der Waals surface area contributed by atoms with E-state index in [-0.39, 0.29) is 5.75 Å². The Labute approximate surface area is 96.7 Å². The van der Waals surface area contributed by atoms with Crippen LogP contribution in [-0.4, -0.2) is 49.4 Å². The molecule has 0 spiro atoms. The number of thiocarbonyl (C=S) groups is 1. The van der Waals surface area contributed by atoms with Gasteiger partial charge in [0.2, 0.25) is 0 Å². The first-order chi connectivity index (χ1) is 6.88. The summed E-state index contributed by atoms with van der Waals surface area (Å²) in [5, 5.41) is 0. The van der Waals surface area contributed by atoms with Crippen molar-refractivity contribution >= 4 is 27.0 Å². The van der Waals surface area contributed by atoms with Gasteiger partial charge in [-0.15, -0.1) is 0 Å². The monoisotopic (exact) mass is 250 g/mol. The van der Waals surface area contributed by atoms with Gasteiger partial charge in [-0.3, -0.25) is 4.90 Å². The van der Waals surface area contributed by atoms with E-state index in [1.54, 1.807) is 0 Å². The summed E-state index contributed by atoms with van der Waals surface area (Å²) in [6, 6.07) is 0.557. The molecular weight excluding hydrogens is 232 g/mol. The van der Waals surface area contributed by atoms with Gasteiger partial charge < -0.3 is 5.73 Å². The number of hydrogen-bond donors (Lipinski definition) is 1. The van der Waals surface area contributed by atoms with Crippen molar-refractivity contribution in [3.05, 3.63) is 0 Å². The minimum atomic E-state index is -2.87. The zero-order valence-electron chi connectivity index (χ0n) is 8.98. The van der Waals surface area contributed by atoms with Crippen molar-refractivity contribution in [2.24, 2.45) is 5.73 Å². The molecule has 0 atom stereocenters. The standard InChI is InChI=1S/C9H18N2O2S2/c1-15(12,13)7-6-11(8-2-3-8)5-4-9(10)14/h8H,2-7H2,1H3,(H2,10,14). The van der Waals surface area contributed by atoms with Crippen molar-refractivity contribution in [3.63, 3.8) is 0 Å². The van der Waals surface area contributed by atoms with Crippen molar-refractivity contribution < 1.29 is 8.42 Å². The van der Waals surface area contributed by atoms with E-state index in [4.69, 9.17) is 18.0 Å². The van der Waals surface area contributed by atoms with E-state index in [1.165, 1.54) is 19.1 Å². The van der Waals surface area contributed by atoms with Crippen LogP contribution in [0.5, 0.6) is 0 Å². The maximum absolute atomic E-state index is 11.0. The lowest BCUT2D eigenvalue weighted by Gasteiger charge is -2.20. The third-order valence-electron chi connectivity index (χ3n) is 2.46. The van der Waals surface area contributed by atoms with Crippen molar-refractivity contribution in [1.82, 2.24) is 4.90 Å². The molecule has 15 heavy (non-hydrogen) atoms. The Morgan fingerprint density at radius 1 is 1.47 bits per heavy atom. The molecule has 4 nitrogen and oxygen atoms in total. The predicted octanol–water partition coefficient (Wildman–Crippen LogP) is 0.172. The number of rotatable bonds is 7. The van der Waals surface area contributed by atoms with Crippen LogP contribution in [0.1, 0.15) is 19.3 Å². The summed E-state index contributed by atoms with van der Waals surface area (Å²) in [6.45, 7) is 1.39. The van der Waals surface area contributed by atoms with Crippen LogP contribution in [0.15, 0.2) is 0 Å². The van der Waals surface area contributed by atoms with Gasteiger partial charge in [-0.25, -0.2) is 8.42 Å². The smallest absolute Gasteiger partial charge is 0.148 e. The molecule has 0 aromatic carbocycles. The Kier molecular flexibility index (Phi) is 4.48. The quantitative estimate of drug-likeness (QED) is 0.653. The molecule has 0 amide bonds. The van der Waals surface area contributed by atoms with Crippen molar-refractivity contribution in [2.45, 2.75) is 25.3 Å². The average Bonchev–Trinajstić information content (AvgIpc) is 2.85. The Morgan fingerprint density at radius 2 is 2.07 bits per heavy atom. The second kappa shape index (κ2) is 5.23. The Balaban J connectivity index is 2.34. The topological polar surface area (TPSA) is 63.4 Å². The van der Waals surface area contributed by atoms with Crippen LogP contribution >= 0.6 is 12.2 Å². The van der Waals surface area contributed by atoms with Crippen LogP contribution in [0, 0.1) is 0 Å². The molecule has 1 fully saturated rings. The van der Waals surface area contributed by atoms with Gasteiger partial charge in [-0.05, 0) is 12.8 Å². The molecule has 0 aliphatic heterocycles. The van der Waals surface area contributed by atoms with E-state index in [1.807, 2.05) is 0 Å². The van der Waals surface area contributed by atoms with Crippen LogP contribution in [-0.2, 0) is 9.84 Å². The second-order valence-electron chi connectivity index (χ2n) is 4.11. The summed E-state index contributed by atoms with van der Waals surface area (Å²) < 4.78 is 22.1. The number of sulfone groups is 1. The highest BCUT2D eigenvalue weighted by molar-refractivity contribution is 7.90. The first-order valence-electron chi connectivity index (χ1n) is 5.08. The third-order valence-corrected chi connectivity index (χ3v) is 3.59. The molecule has 0 heterocycles. The van der Waals surface area contributed by atoms with Crippen molar-refractivity contribution in [1.29, 1.82) is 0 Å². The third kappa shape index (κ3) is 6.06. The van der Waals surface area contributed by atoms with E-state index in [0.717, 1.165) is 6.54 Å². The minimum Gasteiger partial charge on any atom is -0.393 e. The molecule has 0 saturated heterocycles. The maximum atomic E-state index is 11.0. The average molecular weight is 250 g/mol. The molecule has 1 saturated carbocycles. The van der Waals surface area contributed by atoms with E-state index in [0.29, 0.717) is 24.0 Å². The van der Waals surface area contributed by atoms with Crippen LogP contribution in [0.25, 0.3) is 0 Å². The summed E-state index contributed by atoms with van der Waals surface area (Å²) in [7, 11) is -2.87. The Bertz CT molecular complexity index is 323. The lowest BCUT2D eigenvalue weighted by molar-refractivity contribution is 0.287. The normalized spacial score (nSPS) is 16.9. The van der Waals surface area contributed by atoms with E-state index < -0.39 is 9.84 Å². The van der Waals surface area contributed by atoms with Crippen LogP contribution in [0.2, 0.25) is 0 Å². The zero-order chi connectivity index (χ0) is 11.5. The molecule has 6 heteroatoms. The minimum absolute atomic E-state index is 0.223. The fraction of sp³-hybridized carbons (Fsp3) is 0.889. The first-order valence-corrected chi connectivity index (χ1v) is 7.55. The SMILES string of the molecule is CS(=O)(=O)CCN(CCC(N)=S)C1CC1. The fourth-order valence-electron chi connectivity index (χ4n) is 1.45. The molecule has 0 unspecified atom stereocenters. The van der Waals surface area contributed by atoms with Gasteiger partial charge in [0, 0.05) is 31.8 Å². The molecule has 1 rings (SSSR count). The van der Waals surface area contributed by atoms with Gasteiger partial charge in [0.05, 0.1) is 10.7 Å². The van der Waals surface area contributed by atoms with Crippen LogP contribution in [0.3, 0.4) is 0 Å². The lowest BCUT2D eigenvalue weighted by Crippen LogP contribution is -2.33. The largest absolute Gasteiger partial charge is 0.393 e. The van der Waals surface area contributed by atoms with Gasteiger partial charge in [0.1, 0.15) is 9.84 Å². The molecule has 88 valence electrons.